The number of rotatable bonds is 6. The van der Waals surface area contributed by atoms with Crippen molar-refractivity contribution in [2.75, 3.05) is 44.3 Å². The normalized spacial score (nSPS) is 16.3. The maximum atomic E-state index is 12.9. The van der Waals surface area contributed by atoms with Gasteiger partial charge >= 0.3 is 6.18 Å². The molecule has 1 aliphatic heterocycles. The molecule has 0 atom stereocenters. The first-order valence-corrected chi connectivity index (χ1v) is 12.1. The van der Waals surface area contributed by atoms with E-state index < -0.39 is 21.8 Å². The number of alkyl halides is 3. The van der Waals surface area contributed by atoms with Crippen molar-refractivity contribution in [3.63, 3.8) is 0 Å². The summed E-state index contributed by atoms with van der Waals surface area (Å²) >= 11 is 1.60. The molecule has 1 heterocycles. The second kappa shape index (κ2) is 9.60. The van der Waals surface area contributed by atoms with E-state index in [1.54, 1.807) is 11.8 Å². The zero-order valence-corrected chi connectivity index (χ0v) is 18.4. The van der Waals surface area contributed by atoms with Crippen molar-refractivity contribution in [3.05, 3.63) is 54.1 Å². The standard InChI is InChI=1S/C20H22F3N3O3S2/c1-30-17-7-5-16(6-8-17)24-19(27)14-25-9-11-26(12-10-25)31(28,29)18-4-2-3-15(13-18)20(21,22)23/h2-8,13H,9-12,14H2,1H3,(H,24,27). The van der Waals surface area contributed by atoms with Crippen LogP contribution in [-0.4, -0.2) is 62.5 Å². The Morgan fingerprint density at radius 1 is 1.06 bits per heavy atom. The second-order valence-electron chi connectivity index (χ2n) is 6.98. The van der Waals surface area contributed by atoms with Gasteiger partial charge in [0, 0.05) is 36.8 Å². The van der Waals surface area contributed by atoms with E-state index in [1.807, 2.05) is 35.4 Å². The molecule has 2 aromatic rings. The summed E-state index contributed by atoms with van der Waals surface area (Å²) in [6.45, 7) is 0.887. The lowest BCUT2D eigenvalue weighted by Crippen LogP contribution is -2.50. The minimum absolute atomic E-state index is 0.0915. The molecule has 11 heteroatoms. The van der Waals surface area contributed by atoms with E-state index in [0.717, 1.165) is 27.4 Å². The third kappa shape index (κ3) is 6.00. The molecule has 0 unspecified atom stereocenters. The number of halogens is 3. The Labute approximate surface area is 183 Å². The number of carbonyl (C=O) groups is 1. The predicted octanol–water partition coefficient (Wildman–Crippen LogP) is 3.37. The van der Waals surface area contributed by atoms with E-state index in [4.69, 9.17) is 0 Å². The Morgan fingerprint density at radius 3 is 2.29 bits per heavy atom. The fraction of sp³-hybridized carbons (Fsp3) is 0.350. The second-order valence-corrected chi connectivity index (χ2v) is 9.80. The van der Waals surface area contributed by atoms with Crippen molar-refractivity contribution in [1.29, 1.82) is 0 Å². The highest BCUT2D eigenvalue weighted by Crippen LogP contribution is 2.31. The van der Waals surface area contributed by atoms with Crippen molar-refractivity contribution in [2.24, 2.45) is 0 Å². The number of nitrogens with zero attached hydrogens (tertiary/aromatic N) is 2. The molecule has 0 aliphatic carbocycles. The topological polar surface area (TPSA) is 69.7 Å². The molecule has 3 rings (SSSR count). The summed E-state index contributed by atoms with van der Waals surface area (Å²) in [6, 6.07) is 11.2. The van der Waals surface area contributed by atoms with Crippen LogP contribution in [0.25, 0.3) is 0 Å². The first-order chi connectivity index (χ1) is 14.6. The predicted molar refractivity (Wildman–Crippen MR) is 113 cm³/mol. The van der Waals surface area contributed by atoms with Crippen molar-refractivity contribution < 1.29 is 26.4 Å². The van der Waals surface area contributed by atoms with Gasteiger partial charge in [0.25, 0.3) is 0 Å². The number of thioether (sulfide) groups is 1. The van der Waals surface area contributed by atoms with E-state index in [-0.39, 0.29) is 30.4 Å². The highest BCUT2D eigenvalue weighted by atomic mass is 32.2. The molecule has 1 amide bonds. The van der Waals surface area contributed by atoms with E-state index >= 15 is 0 Å². The largest absolute Gasteiger partial charge is 0.416 e. The molecule has 31 heavy (non-hydrogen) atoms. The van der Waals surface area contributed by atoms with Crippen LogP contribution in [-0.2, 0) is 21.0 Å². The van der Waals surface area contributed by atoms with Gasteiger partial charge in [-0.05, 0) is 48.7 Å². The molecule has 0 spiro atoms. The summed E-state index contributed by atoms with van der Waals surface area (Å²) in [5.41, 5.74) is -0.331. The van der Waals surface area contributed by atoms with Crippen molar-refractivity contribution in [3.8, 4) is 0 Å². The van der Waals surface area contributed by atoms with Crippen LogP contribution in [0.4, 0.5) is 18.9 Å². The van der Waals surface area contributed by atoms with Gasteiger partial charge in [-0.1, -0.05) is 6.07 Å². The molecule has 0 aromatic heterocycles. The Kier molecular flexibility index (Phi) is 7.30. The van der Waals surface area contributed by atoms with E-state index in [9.17, 15) is 26.4 Å². The van der Waals surface area contributed by atoms with Crippen LogP contribution in [0.15, 0.2) is 58.3 Å². The molecule has 0 bridgehead atoms. The number of anilines is 1. The van der Waals surface area contributed by atoms with E-state index in [1.165, 1.54) is 0 Å². The van der Waals surface area contributed by atoms with Gasteiger partial charge in [0.1, 0.15) is 0 Å². The molecule has 168 valence electrons. The van der Waals surface area contributed by atoms with Gasteiger partial charge in [0.05, 0.1) is 17.0 Å². The Balaban J connectivity index is 1.56. The summed E-state index contributed by atoms with van der Waals surface area (Å²) in [5, 5.41) is 2.80. The fourth-order valence-electron chi connectivity index (χ4n) is 3.19. The van der Waals surface area contributed by atoms with Crippen LogP contribution in [0.5, 0.6) is 0 Å². The zero-order chi connectivity index (χ0) is 22.6. The Bertz CT molecular complexity index is 1020. The van der Waals surface area contributed by atoms with Gasteiger partial charge < -0.3 is 5.32 Å². The number of nitrogens with one attached hydrogen (secondary N) is 1. The smallest absolute Gasteiger partial charge is 0.325 e. The first-order valence-electron chi connectivity index (χ1n) is 9.43. The minimum atomic E-state index is -4.62. The van der Waals surface area contributed by atoms with Crippen molar-refractivity contribution in [2.45, 2.75) is 16.0 Å². The highest BCUT2D eigenvalue weighted by molar-refractivity contribution is 7.98. The van der Waals surface area contributed by atoms with Crippen LogP contribution in [0.2, 0.25) is 0 Å². The van der Waals surface area contributed by atoms with E-state index in [2.05, 4.69) is 5.32 Å². The van der Waals surface area contributed by atoms with Crippen molar-refractivity contribution >= 4 is 33.4 Å². The number of carbonyl (C=O) groups excluding carboxylic acids is 1. The van der Waals surface area contributed by atoms with Gasteiger partial charge in [-0.2, -0.15) is 17.5 Å². The summed E-state index contributed by atoms with van der Waals surface area (Å²) < 4.78 is 65.4. The van der Waals surface area contributed by atoms with Gasteiger partial charge in [0.15, 0.2) is 0 Å². The van der Waals surface area contributed by atoms with Gasteiger partial charge in [-0.15, -0.1) is 11.8 Å². The Morgan fingerprint density at radius 2 is 1.71 bits per heavy atom. The number of hydrogen-bond donors (Lipinski definition) is 1. The quantitative estimate of drug-likeness (QED) is 0.652. The number of benzene rings is 2. The molecule has 0 radical (unpaired) electrons. The molecule has 1 fully saturated rings. The molecule has 2 aromatic carbocycles. The molecule has 1 aliphatic rings. The lowest BCUT2D eigenvalue weighted by atomic mass is 10.2. The van der Waals surface area contributed by atoms with E-state index in [0.29, 0.717) is 24.8 Å². The molecular formula is C20H22F3N3O3S2. The lowest BCUT2D eigenvalue weighted by Gasteiger charge is -2.33. The number of piperazine rings is 1. The third-order valence-electron chi connectivity index (χ3n) is 4.87. The van der Waals surface area contributed by atoms with Crippen LogP contribution in [0.3, 0.4) is 0 Å². The Hall–Kier alpha value is -2.08. The fourth-order valence-corrected chi connectivity index (χ4v) is 5.06. The van der Waals surface area contributed by atoms with Crippen molar-refractivity contribution in [1.82, 2.24) is 9.21 Å². The maximum Gasteiger partial charge on any atom is 0.416 e. The van der Waals surface area contributed by atoms with Crippen LogP contribution >= 0.6 is 11.8 Å². The minimum Gasteiger partial charge on any atom is -0.325 e. The SMILES string of the molecule is CSc1ccc(NC(=O)CN2CCN(S(=O)(=O)c3cccc(C(F)(F)F)c3)CC2)cc1. The van der Waals surface area contributed by atoms with Crippen LogP contribution < -0.4 is 5.32 Å². The molecule has 1 saturated heterocycles. The van der Waals surface area contributed by atoms with Crippen LogP contribution in [0, 0.1) is 0 Å². The average Bonchev–Trinajstić information content (AvgIpc) is 2.74. The van der Waals surface area contributed by atoms with Crippen LogP contribution in [0.1, 0.15) is 5.56 Å². The highest BCUT2D eigenvalue weighted by Gasteiger charge is 2.34. The number of hydrogen-bond acceptors (Lipinski definition) is 5. The zero-order valence-electron chi connectivity index (χ0n) is 16.7. The molecule has 1 N–H and O–H groups in total. The maximum absolute atomic E-state index is 12.9. The molecule has 6 nitrogen and oxygen atoms in total. The average molecular weight is 474 g/mol. The summed E-state index contributed by atoms with van der Waals surface area (Å²) in [6.07, 6.45) is -2.66. The number of amides is 1. The van der Waals surface area contributed by atoms with Gasteiger partial charge in [-0.3, -0.25) is 9.69 Å². The summed E-state index contributed by atoms with van der Waals surface area (Å²) in [5.74, 6) is -0.217. The number of sulfonamides is 1. The third-order valence-corrected chi connectivity index (χ3v) is 7.51. The van der Waals surface area contributed by atoms with Gasteiger partial charge in [-0.25, -0.2) is 8.42 Å². The molecular weight excluding hydrogens is 451 g/mol. The molecule has 0 saturated carbocycles. The van der Waals surface area contributed by atoms with Gasteiger partial charge in [0.2, 0.25) is 15.9 Å². The summed E-state index contributed by atoms with van der Waals surface area (Å²) in [4.78, 5) is 14.8. The summed E-state index contributed by atoms with van der Waals surface area (Å²) in [7, 11) is -4.05. The first kappa shape index (κ1) is 23.6. The lowest BCUT2D eigenvalue weighted by molar-refractivity contribution is -0.137. The monoisotopic (exact) mass is 473 g/mol.